The Morgan fingerprint density at radius 1 is 1.40 bits per heavy atom. The zero-order valence-electron chi connectivity index (χ0n) is 12.5. The summed E-state index contributed by atoms with van der Waals surface area (Å²) in [6.45, 7) is 4.38. The molecule has 1 aromatic rings. The van der Waals surface area contributed by atoms with Crippen molar-refractivity contribution in [3.63, 3.8) is 0 Å². The van der Waals surface area contributed by atoms with Crippen LogP contribution in [-0.4, -0.2) is 25.6 Å². The summed E-state index contributed by atoms with van der Waals surface area (Å²) in [7, 11) is 1.71. The monoisotopic (exact) mass is 276 g/mol. The Morgan fingerprint density at radius 2 is 2.05 bits per heavy atom. The van der Waals surface area contributed by atoms with E-state index in [1.807, 2.05) is 26.0 Å². The van der Waals surface area contributed by atoms with Crippen LogP contribution in [0.3, 0.4) is 0 Å². The van der Waals surface area contributed by atoms with Crippen LogP contribution in [0, 0.1) is 5.41 Å². The number of hydrogen-bond acceptors (Lipinski definition) is 3. The van der Waals surface area contributed by atoms with Crippen LogP contribution in [0.4, 0.5) is 0 Å². The molecule has 0 bridgehead atoms. The Kier molecular flexibility index (Phi) is 4.33. The van der Waals surface area contributed by atoms with Crippen molar-refractivity contribution in [2.75, 3.05) is 13.7 Å². The van der Waals surface area contributed by atoms with Gasteiger partial charge < -0.3 is 15.8 Å². The molecule has 4 heteroatoms. The molecular weight excluding hydrogens is 252 g/mol. The molecule has 0 aliphatic heterocycles. The van der Waals surface area contributed by atoms with Gasteiger partial charge in [-0.05, 0) is 44.2 Å². The summed E-state index contributed by atoms with van der Waals surface area (Å²) in [5.74, 6) is 1.25. The van der Waals surface area contributed by atoms with Crippen molar-refractivity contribution >= 4 is 5.91 Å². The lowest BCUT2D eigenvalue weighted by Crippen LogP contribution is -2.47. The standard InChI is InChI=1S/C16H24N2O2/c1-16(2,15(17)19)10-18-12-8-11(9-12)13-6-4-5-7-14(13)20-3/h4-7,11-12,18H,8-10H2,1-3H3,(H2,17,19). The van der Waals surface area contributed by atoms with Gasteiger partial charge in [-0.15, -0.1) is 0 Å². The zero-order chi connectivity index (χ0) is 14.8. The van der Waals surface area contributed by atoms with Crippen molar-refractivity contribution in [3.8, 4) is 5.75 Å². The first-order chi connectivity index (χ1) is 9.44. The summed E-state index contributed by atoms with van der Waals surface area (Å²) in [4.78, 5) is 11.3. The van der Waals surface area contributed by atoms with Gasteiger partial charge in [0.1, 0.15) is 5.75 Å². The van der Waals surface area contributed by atoms with E-state index in [-0.39, 0.29) is 5.91 Å². The van der Waals surface area contributed by atoms with Gasteiger partial charge in [-0.3, -0.25) is 4.79 Å². The summed E-state index contributed by atoms with van der Waals surface area (Å²) in [5.41, 5.74) is 6.17. The van der Waals surface area contributed by atoms with Gasteiger partial charge in [-0.25, -0.2) is 0 Å². The van der Waals surface area contributed by atoms with Gasteiger partial charge in [-0.2, -0.15) is 0 Å². The molecule has 2 rings (SSSR count). The van der Waals surface area contributed by atoms with Crippen molar-refractivity contribution in [1.29, 1.82) is 0 Å². The number of hydrogen-bond donors (Lipinski definition) is 2. The molecular formula is C16H24N2O2. The van der Waals surface area contributed by atoms with E-state index in [9.17, 15) is 4.79 Å². The fourth-order valence-corrected chi connectivity index (χ4v) is 2.53. The summed E-state index contributed by atoms with van der Waals surface area (Å²) in [6, 6.07) is 8.64. The minimum Gasteiger partial charge on any atom is -0.496 e. The number of ether oxygens (including phenoxy) is 1. The van der Waals surface area contributed by atoms with Crippen LogP contribution in [0.2, 0.25) is 0 Å². The molecule has 20 heavy (non-hydrogen) atoms. The first-order valence-corrected chi connectivity index (χ1v) is 7.10. The van der Waals surface area contributed by atoms with Gasteiger partial charge in [0.05, 0.1) is 12.5 Å². The normalized spacial score (nSPS) is 22.1. The number of nitrogens with two attached hydrogens (primary N) is 1. The van der Waals surface area contributed by atoms with E-state index in [0.717, 1.165) is 18.6 Å². The fraction of sp³-hybridized carbons (Fsp3) is 0.562. The molecule has 1 aliphatic rings. The number of amides is 1. The molecule has 1 aliphatic carbocycles. The van der Waals surface area contributed by atoms with Gasteiger partial charge in [0.15, 0.2) is 0 Å². The average molecular weight is 276 g/mol. The molecule has 0 heterocycles. The number of carbonyl (C=O) groups is 1. The minimum absolute atomic E-state index is 0.259. The van der Waals surface area contributed by atoms with Crippen LogP contribution in [0.25, 0.3) is 0 Å². The summed E-state index contributed by atoms with van der Waals surface area (Å²) >= 11 is 0. The summed E-state index contributed by atoms with van der Waals surface area (Å²) in [6.07, 6.45) is 2.16. The Morgan fingerprint density at radius 3 is 2.65 bits per heavy atom. The molecule has 1 amide bonds. The lowest BCUT2D eigenvalue weighted by atomic mass is 9.75. The molecule has 1 aromatic carbocycles. The summed E-state index contributed by atoms with van der Waals surface area (Å²) in [5, 5.41) is 3.44. The highest BCUT2D eigenvalue weighted by Crippen LogP contribution is 2.41. The van der Waals surface area contributed by atoms with Crippen LogP contribution in [0.15, 0.2) is 24.3 Å². The smallest absolute Gasteiger partial charge is 0.224 e. The number of nitrogens with one attached hydrogen (secondary N) is 1. The van der Waals surface area contributed by atoms with Crippen LogP contribution in [0.5, 0.6) is 5.75 Å². The van der Waals surface area contributed by atoms with Crippen LogP contribution in [0.1, 0.15) is 38.2 Å². The molecule has 0 unspecified atom stereocenters. The van der Waals surface area contributed by atoms with E-state index in [0.29, 0.717) is 18.5 Å². The number of rotatable bonds is 6. The quantitative estimate of drug-likeness (QED) is 0.835. The van der Waals surface area contributed by atoms with Gasteiger partial charge in [-0.1, -0.05) is 18.2 Å². The molecule has 1 fully saturated rings. The topological polar surface area (TPSA) is 64.3 Å². The number of para-hydroxylation sites is 1. The first kappa shape index (κ1) is 14.9. The minimum atomic E-state index is -0.491. The van der Waals surface area contributed by atoms with Gasteiger partial charge >= 0.3 is 0 Å². The molecule has 4 nitrogen and oxygen atoms in total. The lowest BCUT2D eigenvalue weighted by Gasteiger charge is -2.38. The van der Waals surface area contributed by atoms with Gasteiger partial charge in [0, 0.05) is 12.6 Å². The predicted octanol–water partition coefficient (Wildman–Crippen LogP) is 2.04. The van der Waals surface area contributed by atoms with E-state index in [1.165, 1.54) is 5.56 Å². The third-order valence-corrected chi connectivity index (χ3v) is 4.22. The van der Waals surface area contributed by atoms with Crippen molar-refractivity contribution in [2.45, 2.75) is 38.6 Å². The second-order valence-electron chi connectivity index (χ2n) is 6.24. The Labute approximate surface area is 120 Å². The third kappa shape index (κ3) is 3.12. The molecule has 0 radical (unpaired) electrons. The number of benzene rings is 1. The SMILES string of the molecule is COc1ccccc1C1CC(NCC(C)(C)C(N)=O)C1. The maximum Gasteiger partial charge on any atom is 0.224 e. The van der Waals surface area contributed by atoms with Crippen molar-refractivity contribution in [3.05, 3.63) is 29.8 Å². The fourth-order valence-electron chi connectivity index (χ4n) is 2.53. The number of carbonyl (C=O) groups excluding carboxylic acids is 1. The second kappa shape index (κ2) is 5.83. The Bertz CT molecular complexity index is 479. The van der Waals surface area contributed by atoms with E-state index < -0.39 is 5.41 Å². The van der Waals surface area contributed by atoms with E-state index in [2.05, 4.69) is 17.4 Å². The molecule has 0 spiro atoms. The molecule has 0 atom stereocenters. The van der Waals surface area contributed by atoms with Crippen LogP contribution >= 0.6 is 0 Å². The molecule has 110 valence electrons. The van der Waals surface area contributed by atoms with E-state index >= 15 is 0 Å². The molecule has 1 saturated carbocycles. The molecule has 0 aromatic heterocycles. The second-order valence-corrected chi connectivity index (χ2v) is 6.24. The average Bonchev–Trinajstić information content (AvgIpc) is 2.37. The highest BCUT2D eigenvalue weighted by Gasteiger charge is 2.34. The number of methoxy groups -OCH3 is 1. The maximum absolute atomic E-state index is 11.3. The zero-order valence-corrected chi connectivity index (χ0v) is 12.5. The van der Waals surface area contributed by atoms with E-state index in [4.69, 9.17) is 10.5 Å². The van der Waals surface area contributed by atoms with Crippen LogP contribution < -0.4 is 15.8 Å². The van der Waals surface area contributed by atoms with E-state index in [1.54, 1.807) is 7.11 Å². The third-order valence-electron chi connectivity index (χ3n) is 4.22. The molecule has 0 saturated heterocycles. The maximum atomic E-state index is 11.3. The highest BCUT2D eigenvalue weighted by molar-refractivity contribution is 5.80. The lowest BCUT2D eigenvalue weighted by molar-refractivity contribution is -0.125. The predicted molar refractivity (Wildman–Crippen MR) is 79.7 cm³/mol. The number of primary amides is 1. The molecule has 3 N–H and O–H groups in total. The van der Waals surface area contributed by atoms with Crippen LogP contribution in [-0.2, 0) is 4.79 Å². The Balaban J connectivity index is 1.84. The van der Waals surface area contributed by atoms with Crippen molar-refractivity contribution in [2.24, 2.45) is 11.1 Å². The highest BCUT2D eigenvalue weighted by atomic mass is 16.5. The van der Waals surface area contributed by atoms with Gasteiger partial charge in [0.25, 0.3) is 0 Å². The first-order valence-electron chi connectivity index (χ1n) is 7.10. The van der Waals surface area contributed by atoms with Crippen molar-refractivity contribution < 1.29 is 9.53 Å². The van der Waals surface area contributed by atoms with Crippen molar-refractivity contribution in [1.82, 2.24) is 5.32 Å². The Hall–Kier alpha value is -1.55. The van der Waals surface area contributed by atoms with Gasteiger partial charge in [0.2, 0.25) is 5.91 Å². The summed E-state index contributed by atoms with van der Waals surface area (Å²) < 4.78 is 5.40. The largest absolute Gasteiger partial charge is 0.496 e.